The third-order valence-corrected chi connectivity index (χ3v) is 4.11. The van der Waals surface area contributed by atoms with E-state index in [1.165, 1.54) is 5.56 Å². The number of nitrogens with one attached hydrogen (secondary N) is 1. The summed E-state index contributed by atoms with van der Waals surface area (Å²) in [5, 5.41) is 3.02. The lowest BCUT2D eigenvalue weighted by atomic mass is 10.00. The van der Waals surface area contributed by atoms with Crippen molar-refractivity contribution in [3.63, 3.8) is 0 Å². The Labute approximate surface area is 145 Å². The first-order chi connectivity index (χ1) is 11.6. The molecule has 0 bridgehead atoms. The number of unbranched alkanes of at least 4 members (excludes halogenated alkanes) is 1. The van der Waals surface area contributed by atoms with Gasteiger partial charge in [-0.15, -0.1) is 0 Å². The molecule has 0 atom stereocenters. The van der Waals surface area contributed by atoms with E-state index in [2.05, 4.69) is 61.6 Å². The van der Waals surface area contributed by atoms with Crippen LogP contribution in [0.4, 0.5) is 0 Å². The summed E-state index contributed by atoms with van der Waals surface area (Å²) < 4.78 is 0. The molecule has 3 nitrogen and oxygen atoms in total. The third kappa shape index (κ3) is 5.50. The highest BCUT2D eigenvalue weighted by Gasteiger charge is 2.07. The van der Waals surface area contributed by atoms with E-state index < -0.39 is 0 Å². The number of benzene rings is 2. The third-order valence-electron chi connectivity index (χ3n) is 4.11. The predicted molar refractivity (Wildman–Crippen MR) is 101 cm³/mol. The summed E-state index contributed by atoms with van der Waals surface area (Å²) in [6, 6.07) is 16.4. The molecule has 1 N–H and O–H groups in total. The summed E-state index contributed by atoms with van der Waals surface area (Å²) in [6.07, 6.45) is 3.11. The number of nitrogens with zero attached hydrogens (tertiary/aromatic N) is 1. The number of rotatable bonds is 8. The standard InChI is InChI=1S/C21H28N2O/c1-4-17-9-7-10-18(15-17)19-11-8-12-20(16-19)21(24)22-13-5-6-14-23(2)3/h7-12,15-16H,4-6,13-14H2,1-3H3,(H,22,24). The van der Waals surface area contributed by atoms with Gasteiger partial charge in [0.2, 0.25) is 0 Å². The average molecular weight is 324 g/mol. The summed E-state index contributed by atoms with van der Waals surface area (Å²) in [5.74, 6) is 0.00773. The first-order valence-electron chi connectivity index (χ1n) is 8.72. The highest BCUT2D eigenvalue weighted by Crippen LogP contribution is 2.22. The summed E-state index contributed by atoms with van der Waals surface area (Å²) in [7, 11) is 4.13. The predicted octanol–water partition coefficient (Wildman–Crippen LogP) is 3.99. The zero-order valence-corrected chi connectivity index (χ0v) is 15.0. The van der Waals surface area contributed by atoms with E-state index in [1.54, 1.807) is 0 Å². The van der Waals surface area contributed by atoms with Crippen LogP contribution in [0.5, 0.6) is 0 Å². The fraction of sp³-hybridized carbons (Fsp3) is 0.381. The monoisotopic (exact) mass is 324 g/mol. The topological polar surface area (TPSA) is 32.3 Å². The normalized spacial score (nSPS) is 10.8. The number of amides is 1. The molecule has 24 heavy (non-hydrogen) atoms. The van der Waals surface area contributed by atoms with E-state index in [9.17, 15) is 4.79 Å². The lowest BCUT2D eigenvalue weighted by Gasteiger charge is -2.10. The van der Waals surface area contributed by atoms with Gasteiger partial charge in [-0.3, -0.25) is 4.79 Å². The first kappa shape index (κ1) is 18.2. The fourth-order valence-electron chi connectivity index (χ4n) is 2.67. The highest BCUT2D eigenvalue weighted by molar-refractivity contribution is 5.95. The summed E-state index contributed by atoms with van der Waals surface area (Å²) in [5.41, 5.74) is 4.28. The van der Waals surface area contributed by atoms with Gasteiger partial charge in [0.25, 0.3) is 5.91 Å². The zero-order chi connectivity index (χ0) is 17.4. The number of hydrogen-bond donors (Lipinski definition) is 1. The van der Waals surface area contributed by atoms with E-state index in [0.717, 1.165) is 49.0 Å². The quantitative estimate of drug-likeness (QED) is 0.745. The molecule has 0 saturated heterocycles. The van der Waals surface area contributed by atoms with Gasteiger partial charge in [0.15, 0.2) is 0 Å². The number of carbonyl (C=O) groups is 1. The van der Waals surface area contributed by atoms with Crippen LogP contribution >= 0.6 is 0 Å². The molecule has 0 saturated carbocycles. The molecule has 0 heterocycles. The summed E-state index contributed by atoms with van der Waals surface area (Å²) in [6.45, 7) is 3.93. The molecule has 3 heteroatoms. The van der Waals surface area contributed by atoms with Crippen molar-refractivity contribution < 1.29 is 4.79 Å². The van der Waals surface area contributed by atoms with Crippen molar-refractivity contribution in [1.29, 1.82) is 0 Å². The molecular formula is C21H28N2O. The summed E-state index contributed by atoms with van der Waals surface area (Å²) >= 11 is 0. The molecule has 0 aliphatic carbocycles. The Bertz CT molecular complexity index is 664. The molecule has 0 aliphatic rings. The van der Waals surface area contributed by atoms with E-state index in [0.29, 0.717) is 0 Å². The minimum absolute atomic E-state index is 0.00773. The van der Waals surface area contributed by atoms with Gasteiger partial charge in [0, 0.05) is 12.1 Å². The van der Waals surface area contributed by atoms with Gasteiger partial charge in [-0.25, -0.2) is 0 Å². The van der Waals surface area contributed by atoms with Crippen LogP contribution in [0, 0.1) is 0 Å². The Kier molecular flexibility index (Phi) is 7.01. The van der Waals surface area contributed by atoms with Crippen LogP contribution < -0.4 is 5.32 Å². The van der Waals surface area contributed by atoms with Crippen LogP contribution in [0.1, 0.15) is 35.7 Å². The Hall–Kier alpha value is -2.13. The maximum atomic E-state index is 12.3. The molecule has 0 aromatic heterocycles. The van der Waals surface area contributed by atoms with Crippen molar-refractivity contribution in [1.82, 2.24) is 10.2 Å². The van der Waals surface area contributed by atoms with E-state index in [1.807, 2.05) is 18.2 Å². The van der Waals surface area contributed by atoms with Crippen molar-refractivity contribution in [2.24, 2.45) is 0 Å². The number of hydrogen-bond acceptors (Lipinski definition) is 2. The Morgan fingerprint density at radius 1 is 1.00 bits per heavy atom. The van der Waals surface area contributed by atoms with Crippen LogP contribution in [0.2, 0.25) is 0 Å². The second-order valence-electron chi connectivity index (χ2n) is 6.40. The first-order valence-corrected chi connectivity index (χ1v) is 8.72. The van der Waals surface area contributed by atoms with Crippen LogP contribution in [0.15, 0.2) is 48.5 Å². The molecule has 0 spiro atoms. The lowest BCUT2D eigenvalue weighted by Crippen LogP contribution is -2.25. The maximum absolute atomic E-state index is 12.3. The van der Waals surface area contributed by atoms with Crippen molar-refractivity contribution >= 4 is 5.91 Å². The second kappa shape index (κ2) is 9.24. The van der Waals surface area contributed by atoms with Crippen molar-refractivity contribution in [3.05, 3.63) is 59.7 Å². The summed E-state index contributed by atoms with van der Waals surface area (Å²) in [4.78, 5) is 14.5. The van der Waals surface area contributed by atoms with E-state index in [-0.39, 0.29) is 5.91 Å². The molecule has 2 rings (SSSR count). The van der Waals surface area contributed by atoms with Crippen molar-refractivity contribution in [2.75, 3.05) is 27.2 Å². The molecule has 0 radical (unpaired) electrons. The SMILES string of the molecule is CCc1cccc(-c2cccc(C(=O)NCCCCN(C)C)c2)c1. The molecule has 1 amide bonds. The zero-order valence-electron chi connectivity index (χ0n) is 15.0. The molecule has 0 unspecified atom stereocenters. The molecular weight excluding hydrogens is 296 g/mol. The van der Waals surface area contributed by atoms with E-state index in [4.69, 9.17) is 0 Å². The van der Waals surface area contributed by atoms with Crippen LogP contribution in [0.3, 0.4) is 0 Å². The fourth-order valence-corrected chi connectivity index (χ4v) is 2.67. The minimum atomic E-state index is 0.00773. The molecule has 0 fully saturated rings. The van der Waals surface area contributed by atoms with Gasteiger partial charge in [0.05, 0.1) is 0 Å². The van der Waals surface area contributed by atoms with Crippen LogP contribution in [-0.4, -0.2) is 38.0 Å². The van der Waals surface area contributed by atoms with E-state index >= 15 is 0 Å². The van der Waals surface area contributed by atoms with Gasteiger partial charge in [-0.2, -0.15) is 0 Å². The van der Waals surface area contributed by atoms with Gasteiger partial charge in [-0.05, 0) is 68.7 Å². The molecule has 2 aromatic carbocycles. The smallest absolute Gasteiger partial charge is 0.251 e. The van der Waals surface area contributed by atoms with Gasteiger partial charge in [-0.1, -0.05) is 43.3 Å². The average Bonchev–Trinajstić information content (AvgIpc) is 2.61. The largest absolute Gasteiger partial charge is 0.352 e. The van der Waals surface area contributed by atoms with Gasteiger partial charge < -0.3 is 10.2 Å². The second-order valence-corrected chi connectivity index (χ2v) is 6.40. The molecule has 128 valence electrons. The minimum Gasteiger partial charge on any atom is -0.352 e. The van der Waals surface area contributed by atoms with Crippen LogP contribution in [-0.2, 0) is 6.42 Å². The van der Waals surface area contributed by atoms with Crippen molar-refractivity contribution in [2.45, 2.75) is 26.2 Å². The number of aryl methyl sites for hydroxylation is 1. The molecule has 2 aromatic rings. The van der Waals surface area contributed by atoms with Gasteiger partial charge in [0.1, 0.15) is 0 Å². The molecule has 0 aliphatic heterocycles. The maximum Gasteiger partial charge on any atom is 0.251 e. The highest BCUT2D eigenvalue weighted by atomic mass is 16.1. The Morgan fingerprint density at radius 2 is 1.71 bits per heavy atom. The lowest BCUT2D eigenvalue weighted by molar-refractivity contribution is 0.0953. The van der Waals surface area contributed by atoms with Crippen molar-refractivity contribution in [3.8, 4) is 11.1 Å². The number of carbonyl (C=O) groups excluding carboxylic acids is 1. The Balaban J connectivity index is 1.97. The van der Waals surface area contributed by atoms with Crippen LogP contribution in [0.25, 0.3) is 11.1 Å². The Morgan fingerprint density at radius 3 is 2.42 bits per heavy atom. The van der Waals surface area contributed by atoms with Gasteiger partial charge >= 0.3 is 0 Å².